The van der Waals surface area contributed by atoms with Gasteiger partial charge in [-0.15, -0.1) is 10.2 Å². The maximum Gasteiger partial charge on any atom is 0.165 e. The normalized spacial score (nSPS) is 24.2. The first-order chi connectivity index (χ1) is 9.45. The van der Waals surface area contributed by atoms with Crippen LogP contribution in [0.1, 0.15) is 58.2 Å². The first-order valence-electron chi connectivity index (χ1n) is 7.31. The van der Waals surface area contributed by atoms with Crippen LogP contribution in [0.5, 0.6) is 0 Å². The molecule has 0 bridgehead atoms. The fraction of sp³-hybridized carbons (Fsp3) is 0.667. The Kier molecular flexibility index (Phi) is 3.44. The molecule has 0 aliphatic heterocycles. The molecule has 20 heavy (non-hydrogen) atoms. The van der Waals surface area contributed by atoms with E-state index in [4.69, 9.17) is 11.6 Å². The monoisotopic (exact) mass is 292 g/mol. The number of fused-ring (bicyclic) bond motifs is 1. The van der Waals surface area contributed by atoms with Crippen molar-refractivity contribution >= 4 is 17.2 Å². The molecule has 0 amide bonds. The molecule has 1 aliphatic carbocycles. The Morgan fingerprint density at radius 1 is 1.15 bits per heavy atom. The van der Waals surface area contributed by atoms with Gasteiger partial charge < -0.3 is 0 Å². The lowest BCUT2D eigenvalue weighted by atomic mass is 9.70. The fourth-order valence-electron chi connectivity index (χ4n) is 3.29. The summed E-state index contributed by atoms with van der Waals surface area (Å²) in [7, 11) is 0. The van der Waals surface area contributed by atoms with Gasteiger partial charge in [-0.1, -0.05) is 32.4 Å². The standard InChI is InChI=1S/C15H21ClN4/c1-15(2,3)11-6-4-10(5-7-11)14-19-18-13-8-12(16)17-9-20(13)14/h8-11H,4-7H2,1-3H3. The molecule has 2 aromatic rings. The highest BCUT2D eigenvalue weighted by Crippen LogP contribution is 2.42. The number of hydrogen-bond donors (Lipinski definition) is 0. The van der Waals surface area contributed by atoms with E-state index in [9.17, 15) is 0 Å². The quantitative estimate of drug-likeness (QED) is 0.743. The highest BCUT2D eigenvalue weighted by molar-refractivity contribution is 6.29. The van der Waals surface area contributed by atoms with Gasteiger partial charge in [0.25, 0.3) is 0 Å². The van der Waals surface area contributed by atoms with E-state index in [1.54, 1.807) is 12.4 Å². The van der Waals surface area contributed by atoms with Crippen LogP contribution in [0.4, 0.5) is 0 Å². The molecule has 0 spiro atoms. The predicted octanol–water partition coefficient (Wildman–Crippen LogP) is 4.10. The molecule has 0 N–H and O–H groups in total. The lowest BCUT2D eigenvalue weighted by molar-refractivity contribution is 0.167. The molecule has 2 aromatic heterocycles. The van der Waals surface area contributed by atoms with Crippen molar-refractivity contribution in [2.75, 3.05) is 0 Å². The van der Waals surface area contributed by atoms with Gasteiger partial charge in [0.2, 0.25) is 0 Å². The lowest BCUT2D eigenvalue weighted by Gasteiger charge is -2.36. The molecular weight excluding hydrogens is 272 g/mol. The molecule has 108 valence electrons. The molecule has 2 heterocycles. The van der Waals surface area contributed by atoms with Crippen LogP contribution in [0, 0.1) is 11.3 Å². The van der Waals surface area contributed by atoms with Crippen molar-refractivity contribution in [2.45, 2.75) is 52.4 Å². The summed E-state index contributed by atoms with van der Waals surface area (Å²) in [6, 6.07) is 1.76. The Morgan fingerprint density at radius 2 is 1.85 bits per heavy atom. The van der Waals surface area contributed by atoms with Gasteiger partial charge in [-0.2, -0.15) is 0 Å². The molecule has 0 atom stereocenters. The third-order valence-electron chi connectivity index (χ3n) is 4.61. The van der Waals surface area contributed by atoms with Crippen molar-refractivity contribution in [3.63, 3.8) is 0 Å². The zero-order chi connectivity index (χ0) is 14.3. The average molecular weight is 293 g/mol. The topological polar surface area (TPSA) is 43.1 Å². The van der Waals surface area contributed by atoms with E-state index in [0.29, 0.717) is 16.5 Å². The Balaban J connectivity index is 1.80. The summed E-state index contributed by atoms with van der Waals surface area (Å²) in [5, 5.41) is 9.04. The third kappa shape index (κ3) is 2.53. The zero-order valence-electron chi connectivity index (χ0n) is 12.3. The van der Waals surface area contributed by atoms with Crippen LogP contribution < -0.4 is 0 Å². The second kappa shape index (κ2) is 4.99. The van der Waals surface area contributed by atoms with Crippen molar-refractivity contribution in [3.05, 3.63) is 23.4 Å². The highest BCUT2D eigenvalue weighted by Gasteiger charge is 2.31. The van der Waals surface area contributed by atoms with Gasteiger partial charge in [0.1, 0.15) is 17.3 Å². The lowest BCUT2D eigenvalue weighted by Crippen LogP contribution is -2.25. The Labute approximate surface area is 124 Å². The van der Waals surface area contributed by atoms with Crippen molar-refractivity contribution in [2.24, 2.45) is 11.3 Å². The average Bonchev–Trinajstić information content (AvgIpc) is 2.80. The fourth-order valence-corrected chi connectivity index (χ4v) is 3.43. The summed E-state index contributed by atoms with van der Waals surface area (Å²) in [4.78, 5) is 4.14. The molecule has 0 unspecified atom stereocenters. The minimum absolute atomic E-state index is 0.410. The molecule has 1 fully saturated rings. The summed E-state index contributed by atoms with van der Waals surface area (Å²) < 4.78 is 1.98. The number of nitrogens with zero attached hydrogens (tertiary/aromatic N) is 4. The van der Waals surface area contributed by atoms with Gasteiger partial charge in [-0.25, -0.2) is 4.98 Å². The van der Waals surface area contributed by atoms with Crippen LogP contribution in [0.2, 0.25) is 5.15 Å². The van der Waals surface area contributed by atoms with E-state index in [-0.39, 0.29) is 0 Å². The minimum Gasteiger partial charge on any atom is -0.269 e. The number of halogens is 1. The van der Waals surface area contributed by atoms with Gasteiger partial charge in [-0.05, 0) is 37.0 Å². The van der Waals surface area contributed by atoms with Crippen molar-refractivity contribution < 1.29 is 0 Å². The van der Waals surface area contributed by atoms with Gasteiger partial charge in [0.05, 0.1) is 0 Å². The largest absolute Gasteiger partial charge is 0.269 e. The van der Waals surface area contributed by atoms with Crippen molar-refractivity contribution in [3.8, 4) is 0 Å². The highest BCUT2D eigenvalue weighted by atomic mass is 35.5. The molecular formula is C15H21ClN4. The molecule has 0 radical (unpaired) electrons. The second-order valence-corrected chi connectivity index (χ2v) is 7.30. The maximum absolute atomic E-state index is 5.89. The molecule has 3 rings (SSSR count). The predicted molar refractivity (Wildman–Crippen MR) is 79.9 cm³/mol. The van der Waals surface area contributed by atoms with Gasteiger partial charge >= 0.3 is 0 Å². The van der Waals surface area contributed by atoms with Gasteiger partial charge in [-0.3, -0.25) is 4.40 Å². The van der Waals surface area contributed by atoms with Crippen LogP contribution in [-0.2, 0) is 0 Å². The van der Waals surface area contributed by atoms with E-state index in [1.165, 1.54) is 25.7 Å². The Bertz CT molecular complexity index is 606. The number of rotatable bonds is 1. The van der Waals surface area contributed by atoms with Crippen LogP contribution in [-0.4, -0.2) is 19.6 Å². The summed E-state index contributed by atoms with van der Waals surface area (Å²) >= 11 is 5.89. The maximum atomic E-state index is 5.89. The summed E-state index contributed by atoms with van der Waals surface area (Å²) in [5.41, 5.74) is 1.20. The van der Waals surface area contributed by atoms with E-state index in [1.807, 2.05) is 4.40 Å². The molecule has 5 heteroatoms. The van der Waals surface area contributed by atoms with Gasteiger partial charge in [0.15, 0.2) is 5.65 Å². The third-order valence-corrected chi connectivity index (χ3v) is 4.82. The van der Waals surface area contributed by atoms with Crippen molar-refractivity contribution in [1.82, 2.24) is 19.6 Å². The zero-order valence-corrected chi connectivity index (χ0v) is 13.1. The molecule has 1 aliphatic rings. The summed E-state index contributed by atoms with van der Waals surface area (Å²) in [6.07, 6.45) is 6.65. The smallest absolute Gasteiger partial charge is 0.165 e. The number of hydrogen-bond acceptors (Lipinski definition) is 3. The van der Waals surface area contributed by atoms with Crippen LogP contribution in [0.25, 0.3) is 5.65 Å². The van der Waals surface area contributed by atoms with Crippen LogP contribution in [0.3, 0.4) is 0 Å². The van der Waals surface area contributed by atoms with E-state index in [0.717, 1.165) is 17.4 Å². The van der Waals surface area contributed by atoms with E-state index in [2.05, 4.69) is 36.0 Å². The van der Waals surface area contributed by atoms with Crippen LogP contribution in [0.15, 0.2) is 12.4 Å². The first kappa shape index (κ1) is 13.8. The molecule has 0 aromatic carbocycles. The Morgan fingerprint density at radius 3 is 2.50 bits per heavy atom. The first-order valence-corrected chi connectivity index (χ1v) is 7.69. The summed E-state index contributed by atoms with van der Waals surface area (Å²) in [5.74, 6) is 2.34. The second-order valence-electron chi connectivity index (χ2n) is 6.91. The summed E-state index contributed by atoms with van der Waals surface area (Å²) in [6.45, 7) is 7.03. The van der Waals surface area contributed by atoms with Crippen LogP contribution >= 0.6 is 11.6 Å². The van der Waals surface area contributed by atoms with Crippen molar-refractivity contribution in [1.29, 1.82) is 0 Å². The molecule has 4 nitrogen and oxygen atoms in total. The van der Waals surface area contributed by atoms with E-state index >= 15 is 0 Å². The Hall–Kier alpha value is -1.16. The SMILES string of the molecule is CC(C)(C)C1CCC(c2nnc3cc(Cl)ncn23)CC1. The van der Waals surface area contributed by atoms with E-state index < -0.39 is 0 Å². The van der Waals surface area contributed by atoms with Gasteiger partial charge in [0, 0.05) is 12.0 Å². The molecule has 0 saturated heterocycles. The molecule has 1 saturated carbocycles. The number of aromatic nitrogens is 4. The minimum atomic E-state index is 0.410.